The van der Waals surface area contributed by atoms with Gasteiger partial charge in [0, 0.05) is 29.4 Å². The highest BCUT2D eigenvalue weighted by atomic mass is 32.2. The van der Waals surface area contributed by atoms with Gasteiger partial charge in [0.2, 0.25) is 10.0 Å². The van der Waals surface area contributed by atoms with Gasteiger partial charge < -0.3 is 10.1 Å². The number of fused-ring (bicyclic) bond motifs is 1. The minimum atomic E-state index is -3.70. The van der Waals surface area contributed by atoms with Crippen LogP contribution in [-0.4, -0.2) is 43.7 Å². The van der Waals surface area contributed by atoms with Gasteiger partial charge in [-0.1, -0.05) is 0 Å². The SMILES string of the molecule is C[S@](=O)CCNS(=O)(=O)c1ccc2c(c1)NC(=O)CO2. The molecule has 0 saturated heterocycles. The molecule has 20 heavy (non-hydrogen) atoms. The molecule has 2 N–H and O–H groups in total. The normalized spacial score (nSPS) is 15.9. The lowest BCUT2D eigenvalue weighted by Crippen LogP contribution is -2.29. The van der Waals surface area contributed by atoms with Crippen molar-refractivity contribution >= 4 is 32.4 Å². The lowest BCUT2D eigenvalue weighted by Gasteiger charge is -2.18. The topological polar surface area (TPSA) is 102 Å². The number of nitrogens with one attached hydrogen (secondary N) is 2. The number of benzene rings is 1. The van der Waals surface area contributed by atoms with E-state index in [0.29, 0.717) is 11.4 Å². The molecule has 1 amide bonds. The Balaban J connectivity index is 2.18. The number of amides is 1. The summed E-state index contributed by atoms with van der Waals surface area (Å²) in [6.07, 6.45) is 1.50. The number of ether oxygens (including phenoxy) is 1. The van der Waals surface area contributed by atoms with Crippen molar-refractivity contribution in [3.63, 3.8) is 0 Å². The summed E-state index contributed by atoms with van der Waals surface area (Å²) in [5.41, 5.74) is 0.322. The fraction of sp³-hybridized carbons (Fsp3) is 0.364. The second-order valence-electron chi connectivity index (χ2n) is 4.17. The van der Waals surface area contributed by atoms with Crippen molar-refractivity contribution in [3.05, 3.63) is 18.2 Å². The molecule has 0 saturated carbocycles. The van der Waals surface area contributed by atoms with E-state index < -0.39 is 20.8 Å². The molecule has 1 aliphatic heterocycles. The highest BCUT2D eigenvalue weighted by molar-refractivity contribution is 7.89. The monoisotopic (exact) mass is 318 g/mol. The average molecular weight is 318 g/mol. The van der Waals surface area contributed by atoms with E-state index in [1.165, 1.54) is 24.5 Å². The molecule has 1 aromatic rings. The van der Waals surface area contributed by atoms with Gasteiger partial charge in [-0.25, -0.2) is 13.1 Å². The Morgan fingerprint density at radius 1 is 1.45 bits per heavy atom. The molecule has 1 aliphatic rings. The molecule has 110 valence electrons. The maximum atomic E-state index is 12.0. The van der Waals surface area contributed by atoms with E-state index in [9.17, 15) is 17.4 Å². The van der Waals surface area contributed by atoms with Crippen LogP contribution in [0.15, 0.2) is 23.1 Å². The largest absolute Gasteiger partial charge is 0.482 e. The van der Waals surface area contributed by atoms with Crippen LogP contribution in [0.4, 0.5) is 5.69 Å². The van der Waals surface area contributed by atoms with Crippen molar-refractivity contribution in [3.8, 4) is 5.75 Å². The van der Waals surface area contributed by atoms with Crippen LogP contribution in [-0.2, 0) is 25.6 Å². The first kappa shape index (κ1) is 14.9. The number of hydrogen-bond donors (Lipinski definition) is 2. The molecule has 0 radical (unpaired) electrons. The quantitative estimate of drug-likeness (QED) is 0.774. The van der Waals surface area contributed by atoms with Crippen LogP contribution in [0.5, 0.6) is 5.75 Å². The molecule has 2 rings (SSSR count). The van der Waals surface area contributed by atoms with E-state index in [1.807, 2.05) is 0 Å². The van der Waals surface area contributed by atoms with Gasteiger partial charge in [-0.05, 0) is 18.2 Å². The summed E-state index contributed by atoms with van der Waals surface area (Å²) in [7, 11) is -4.77. The fourth-order valence-corrected chi connectivity index (χ4v) is 3.21. The maximum absolute atomic E-state index is 12.0. The first-order valence-electron chi connectivity index (χ1n) is 5.75. The van der Waals surface area contributed by atoms with Crippen molar-refractivity contribution in [1.29, 1.82) is 0 Å². The van der Waals surface area contributed by atoms with E-state index in [0.717, 1.165) is 0 Å². The molecule has 1 atom stereocenters. The van der Waals surface area contributed by atoms with Crippen LogP contribution in [0.25, 0.3) is 0 Å². The van der Waals surface area contributed by atoms with Crippen LogP contribution < -0.4 is 14.8 Å². The second kappa shape index (κ2) is 5.90. The summed E-state index contributed by atoms with van der Waals surface area (Å²) in [5.74, 6) is 0.337. The highest BCUT2D eigenvalue weighted by Crippen LogP contribution is 2.29. The lowest BCUT2D eigenvalue weighted by molar-refractivity contribution is -0.118. The van der Waals surface area contributed by atoms with Gasteiger partial charge in [-0.2, -0.15) is 0 Å². The zero-order valence-electron chi connectivity index (χ0n) is 10.7. The third kappa shape index (κ3) is 3.56. The van der Waals surface area contributed by atoms with Gasteiger partial charge >= 0.3 is 0 Å². The number of anilines is 1. The van der Waals surface area contributed by atoms with Crippen LogP contribution in [0.2, 0.25) is 0 Å². The zero-order valence-corrected chi connectivity index (χ0v) is 12.3. The lowest BCUT2D eigenvalue weighted by atomic mass is 10.2. The predicted octanol–water partition coefficient (Wildman–Crippen LogP) is -0.326. The summed E-state index contributed by atoms with van der Waals surface area (Å²) >= 11 is 0. The molecule has 1 aromatic carbocycles. The van der Waals surface area contributed by atoms with Gasteiger partial charge in [-0.3, -0.25) is 9.00 Å². The summed E-state index contributed by atoms with van der Waals surface area (Å²) in [6, 6.07) is 4.21. The van der Waals surface area contributed by atoms with Crippen LogP contribution in [0, 0.1) is 0 Å². The van der Waals surface area contributed by atoms with Gasteiger partial charge in [0.15, 0.2) is 6.61 Å². The maximum Gasteiger partial charge on any atom is 0.262 e. The number of hydrogen-bond acceptors (Lipinski definition) is 5. The molecule has 0 aliphatic carbocycles. The van der Waals surface area contributed by atoms with E-state index >= 15 is 0 Å². The molecular weight excluding hydrogens is 304 g/mol. The van der Waals surface area contributed by atoms with Crippen molar-refractivity contribution in [2.75, 3.05) is 30.5 Å². The third-order valence-corrected chi connectivity index (χ3v) is 4.81. The summed E-state index contributed by atoms with van der Waals surface area (Å²) < 4.78 is 42.4. The van der Waals surface area contributed by atoms with E-state index in [4.69, 9.17) is 4.74 Å². The summed E-state index contributed by atoms with van der Waals surface area (Å²) in [4.78, 5) is 11.2. The van der Waals surface area contributed by atoms with Crippen LogP contribution in [0.3, 0.4) is 0 Å². The Hall–Kier alpha value is -1.45. The zero-order chi connectivity index (χ0) is 14.8. The number of rotatable bonds is 5. The van der Waals surface area contributed by atoms with Gasteiger partial charge in [0.25, 0.3) is 5.91 Å². The molecule has 0 fully saturated rings. The Labute approximate surface area is 119 Å². The third-order valence-electron chi connectivity index (χ3n) is 2.58. The van der Waals surface area contributed by atoms with E-state index in [2.05, 4.69) is 10.0 Å². The molecular formula is C11H14N2O5S2. The number of carbonyl (C=O) groups is 1. The molecule has 0 unspecified atom stereocenters. The predicted molar refractivity (Wildman–Crippen MR) is 74.7 cm³/mol. The molecule has 1 heterocycles. The van der Waals surface area contributed by atoms with Gasteiger partial charge in [0.05, 0.1) is 10.6 Å². The molecule has 0 bridgehead atoms. The van der Waals surface area contributed by atoms with Crippen LogP contribution in [0.1, 0.15) is 0 Å². The van der Waals surface area contributed by atoms with Gasteiger partial charge in [-0.15, -0.1) is 0 Å². The summed E-state index contributed by atoms with van der Waals surface area (Å²) in [6.45, 7) is 0.00501. The summed E-state index contributed by atoms with van der Waals surface area (Å²) in [5, 5.41) is 2.54. The Kier molecular flexibility index (Phi) is 4.41. The second-order valence-corrected chi connectivity index (χ2v) is 7.49. The first-order valence-corrected chi connectivity index (χ1v) is 8.96. The minimum absolute atomic E-state index is 0.0175. The Morgan fingerprint density at radius 3 is 2.90 bits per heavy atom. The molecule has 0 aromatic heterocycles. The van der Waals surface area contributed by atoms with Crippen molar-refractivity contribution in [2.45, 2.75) is 4.90 Å². The highest BCUT2D eigenvalue weighted by Gasteiger charge is 2.20. The standard InChI is InChI=1S/C11H14N2O5S2/c1-19(15)5-4-12-20(16,17)8-2-3-10-9(6-8)13-11(14)7-18-10/h2-3,6,12H,4-5,7H2,1H3,(H,13,14)/t19-/m0/s1. The Bertz CT molecular complexity index is 657. The van der Waals surface area contributed by atoms with Gasteiger partial charge in [0.1, 0.15) is 5.75 Å². The van der Waals surface area contributed by atoms with Crippen molar-refractivity contribution in [2.24, 2.45) is 0 Å². The first-order chi connectivity index (χ1) is 9.38. The number of carbonyl (C=O) groups excluding carboxylic acids is 1. The Morgan fingerprint density at radius 2 is 2.20 bits per heavy atom. The average Bonchev–Trinajstić information content (AvgIpc) is 2.37. The molecule has 9 heteroatoms. The van der Waals surface area contributed by atoms with Crippen LogP contribution >= 0.6 is 0 Å². The van der Waals surface area contributed by atoms with Crippen molar-refractivity contribution < 1.29 is 22.2 Å². The molecule has 0 spiro atoms. The van der Waals surface area contributed by atoms with E-state index in [1.54, 1.807) is 0 Å². The van der Waals surface area contributed by atoms with E-state index in [-0.39, 0.29) is 29.7 Å². The smallest absolute Gasteiger partial charge is 0.262 e. The molecule has 7 nitrogen and oxygen atoms in total. The van der Waals surface area contributed by atoms with Crippen molar-refractivity contribution in [1.82, 2.24) is 4.72 Å². The fourth-order valence-electron chi connectivity index (χ4n) is 1.63. The number of sulfonamides is 1. The minimum Gasteiger partial charge on any atom is -0.482 e.